The molecule has 274 valence electrons. The molecule has 10 heteroatoms. The van der Waals surface area contributed by atoms with E-state index in [4.69, 9.17) is 4.42 Å². The van der Waals surface area contributed by atoms with E-state index in [1.807, 2.05) is 73.7 Å². The topological polar surface area (TPSA) is 166 Å². The molecule has 0 saturated heterocycles. The molecule has 9 nitrogen and oxygen atoms in total. The number of aromatic nitrogens is 1. The number of nitrogens with zero attached hydrogens (tertiary/aromatic N) is 1. The highest BCUT2D eigenvalue weighted by molar-refractivity contribution is 7.85. The third kappa shape index (κ3) is 9.72. The summed E-state index contributed by atoms with van der Waals surface area (Å²) < 4.78 is 38.8. The minimum Gasteiger partial charge on any atom is -0.748 e. The summed E-state index contributed by atoms with van der Waals surface area (Å²) in [6.45, 7) is 8.54. The fourth-order valence-corrected chi connectivity index (χ4v) is 6.68. The zero-order valence-electron chi connectivity index (χ0n) is 30.7. The molecule has 0 radical (unpaired) electrons. The molecule has 1 heterocycles. The van der Waals surface area contributed by atoms with Crippen LogP contribution in [-0.2, 0) is 26.7 Å². The molecule has 53 heavy (non-hydrogen) atoms. The van der Waals surface area contributed by atoms with Crippen molar-refractivity contribution in [1.82, 2.24) is 11.1 Å². The number of ketones is 1. The van der Waals surface area contributed by atoms with Crippen molar-refractivity contribution in [3.05, 3.63) is 143 Å². The monoisotopic (exact) mass is 731 g/mol. The van der Waals surface area contributed by atoms with Gasteiger partial charge in [0, 0.05) is 29.0 Å². The number of rotatable bonds is 12. The van der Waals surface area contributed by atoms with Crippen molar-refractivity contribution in [2.75, 3.05) is 11.1 Å². The van der Waals surface area contributed by atoms with Gasteiger partial charge in [-0.3, -0.25) is 9.59 Å². The molecular formula is C43H45N3O6S. The van der Waals surface area contributed by atoms with E-state index in [0.29, 0.717) is 23.6 Å². The number of aryl methyl sites for hydroxylation is 1. The fourth-order valence-electron chi connectivity index (χ4n) is 6.18. The Kier molecular flexibility index (Phi) is 11.8. The summed E-state index contributed by atoms with van der Waals surface area (Å²) in [7, 11) is -4.37. The normalized spacial score (nSPS) is 12.2. The minimum atomic E-state index is -4.37. The predicted octanol–water partition coefficient (Wildman–Crippen LogP) is 9.62. The van der Waals surface area contributed by atoms with Crippen LogP contribution in [-0.4, -0.2) is 35.4 Å². The molecule has 6 rings (SSSR count). The number of para-hydroxylation sites is 1. The molecule has 0 saturated carbocycles. The Hall–Kier alpha value is -5.42. The van der Waals surface area contributed by atoms with Crippen LogP contribution in [0.2, 0.25) is 0 Å². The number of amides is 1. The number of carbonyl (C=O) groups excluding carboxylic acids is 2. The van der Waals surface area contributed by atoms with Gasteiger partial charge in [-0.25, -0.2) is 13.4 Å². The molecule has 0 bridgehead atoms. The Bertz CT molecular complexity index is 2310. The van der Waals surface area contributed by atoms with Gasteiger partial charge in [0.15, 0.2) is 11.4 Å². The van der Waals surface area contributed by atoms with Crippen LogP contribution < -0.4 is 11.5 Å². The Morgan fingerprint density at radius 3 is 2.00 bits per heavy atom. The highest BCUT2D eigenvalue weighted by Gasteiger charge is 2.23. The lowest BCUT2D eigenvalue weighted by Gasteiger charge is -2.20. The van der Waals surface area contributed by atoms with Crippen LogP contribution >= 0.6 is 0 Å². The zero-order valence-corrected chi connectivity index (χ0v) is 31.5. The fraction of sp³-hybridized carbons (Fsp3) is 0.233. The van der Waals surface area contributed by atoms with Gasteiger partial charge in [-0.2, -0.15) is 0 Å². The first-order chi connectivity index (χ1) is 24.7. The third-order valence-electron chi connectivity index (χ3n) is 9.24. The van der Waals surface area contributed by atoms with E-state index in [1.54, 1.807) is 24.3 Å². The van der Waals surface area contributed by atoms with E-state index >= 15 is 0 Å². The molecule has 0 spiro atoms. The molecular weight excluding hydrogens is 687 g/mol. The van der Waals surface area contributed by atoms with Crippen LogP contribution in [0.1, 0.15) is 72.1 Å². The van der Waals surface area contributed by atoms with Gasteiger partial charge in [-0.1, -0.05) is 106 Å². The van der Waals surface area contributed by atoms with E-state index < -0.39 is 21.8 Å². The van der Waals surface area contributed by atoms with E-state index in [0.717, 1.165) is 44.5 Å². The molecule has 6 aromatic rings. The Morgan fingerprint density at radius 2 is 1.42 bits per heavy atom. The van der Waals surface area contributed by atoms with Crippen LogP contribution in [0.3, 0.4) is 0 Å². The van der Waals surface area contributed by atoms with Crippen molar-refractivity contribution >= 4 is 38.6 Å². The number of quaternary nitrogens is 1. The number of hydrogen-bond donors (Lipinski definition) is 2. The summed E-state index contributed by atoms with van der Waals surface area (Å²) in [6.07, 6.45) is 0.303. The first kappa shape index (κ1) is 38.8. The van der Waals surface area contributed by atoms with Gasteiger partial charge in [-0.15, -0.1) is 0 Å². The average Bonchev–Trinajstić information content (AvgIpc) is 3.56. The molecule has 0 aliphatic rings. The van der Waals surface area contributed by atoms with E-state index in [-0.39, 0.29) is 36.1 Å². The maximum atomic E-state index is 14.0. The van der Waals surface area contributed by atoms with Crippen molar-refractivity contribution < 1.29 is 27.0 Å². The maximum Gasteiger partial charge on any atom is 0.232 e. The number of Topliss-reactive ketones (excluding diaryl/α,β-unsaturated/α-hetero) is 1. The van der Waals surface area contributed by atoms with Gasteiger partial charge in [0.2, 0.25) is 11.8 Å². The standard InChI is InChI=1S/C43H42N2O6S.H3N/c1-28-7-5-8-38-40(28)51-42(45-38)34-20-24-36(25-21-34)44-41(47)37(27-29-10-12-33(13-11-29)39(46)9-6-26-52(48,49)50)32-16-14-30(15-17-32)31-18-22-35(23-19-31)43(2,3)4;/h5,7-8,10-25,37H,6,9,26-27H2,1-4H3,(H,44,47)(H,48,49,50);1H3/t37-;/m1./s1. The van der Waals surface area contributed by atoms with Crippen LogP contribution in [0.15, 0.2) is 120 Å². The van der Waals surface area contributed by atoms with Gasteiger partial charge < -0.3 is 20.4 Å². The second-order valence-electron chi connectivity index (χ2n) is 14.2. The van der Waals surface area contributed by atoms with Crippen LogP contribution in [0.5, 0.6) is 0 Å². The Balaban J connectivity index is 0.00000541. The average molecular weight is 732 g/mol. The molecule has 1 atom stereocenters. The van der Waals surface area contributed by atoms with Crippen LogP contribution in [0, 0.1) is 6.92 Å². The number of carbonyl (C=O) groups is 2. The summed E-state index contributed by atoms with van der Waals surface area (Å²) in [6, 6.07) is 36.8. The van der Waals surface area contributed by atoms with Gasteiger partial charge in [0.25, 0.3) is 0 Å². The Morgan fingerprint density at radius 1 is 0.811 bits per heavy atom. The van der Waals surface area contributed by atoms with Gasteiger partial charge >= 0.3 is 0 Å². The Labute approximate surface area is 310 Å². The second kappa shape index (κ2) is 16.1. The SMILES string of the molecule is Cc1cccc2nc(-c3ccc(NC(=O)[C@H](Cc4ccc(C(=O)CCCS(=O)(=O)[O-])cc4)c4ccc(-c5ccc(C(C)(C)C)cc5)cc4)cc3)oc12.[NH4+]. The predicted molar refractivity (Wildman–Crippen MR) is 210 cm³/mol. The molecule has 0 aliphatic carbocycles. The second-order valence-corrected chi connectivity index (χ2v) is 15.7. The van der Waals surface area contributed by atoms with E-state index in [2.05, 4.69) is 55.3 Å². The van der Waals surface area contributed by atoms with Crippen molar-refractivity contribution in [3.63, 3.8) is 0 Å². The molecule has 5 aromatic carbocycles. The number of benzene rings is 5. The smallest absolute Gasteiger partial charge is 0.232 e. The molecule has 0 aliphatic heterocycles. The summed E-state index contributed by atoms with van der Waals surface area (Å²) >= 11 is 0. The van der Waals surface area contributed by atoms with E-state index in [9.17, 15) is 22.6 Å². The number of hydrogen-bond acceptors (Lipinski definition) is 7. The lowest BCUT2D eigenvalue weighted by atomic mass is 9.86. The van der Waals surface area contributed by atoms with Crippen LogP contribution in [0.25, 0.3) is 33.7 Å². The van der Waals surface area contributed by atoms with Gasteiger partial charge in [0.1, 0.15) is 5.52 Å². The van der Waals surface area contributed by atoms with E-state index in [1.165, 1.54) is 5.56 Å². The van der Waals surface area contributed by atoms with Gasteiger partial charge in [-0.05, 0) is 88.9 Å². The van der Waals surface area contributed by atoms with Crippen molar-refractivity contribution in [1.29, 1.82) is 0 Å². The molecule has 0 fully saturated rings. The summed E-state index contributed by atoms with van der Waals surface area (Å²) in [4.78, 5) is 31.3. The first-order valence-electron chi connectivity index (χ1n) is 17.3. The summed E-state index contributed by atoms with van der Waals surface area (Å²) in [5, 5.41) is 3.09. The molecule has 5 N–H and O–H groups in total. The lowest BCUT2D eigenvalue weighted by molar-refractivity contribution is -0.117. The molecule has 0 unspecified atom stereocenters. The summed E-state index contributed by atoms with van der Waals surface area (Å²) in [5.74, 6) is -1.06. The van der Waals surface area contributed by atoms with Crippen molar-refractivity contribution in [2.45, 2.75) is 58.3 Å². The third-order valence-corrected chi connectivity index (χ3v) is 10.0. The van der Waals surface area contributed by atoms with Crippen molar-refractivity contribution in [2.24, 2.45) is 0 Å². The highest BCUT2D eigenvalue weighted by Crippen LogP contribution is 2.31. The highest BCUT2D eigenvalue weighted by atomic mass is 32.2. The van der Waals surface area contributed by atoms with Crippen LogP contribution in [0.4, 0.5) is 5.69 Å². The molecule has 1 aromatic heterocycles. The quantitative estimate of drug-likeness (QED) is 0.0934. The maximum absolute atomic E-state index is 14.0. The number of anilines is 1. The lowest BCUT2D eigenvalue weighted by Crippen LogP contribution is -2.23. The minimum absolute atomic E-state index is 0. The first-order valence-corrected chi connectivity index (χ1v) is 18.9. The number of oxazole rings is 1. The number of nitrogens with one attached hydrogen (secondary N) is 1. The molecule has 1 amide bonds. The number of fused-ring (bicyclic) bond motifs is 1. The largest absolute Gasteiger partial charge is 0.748 e. The summed E-state index contributed by atoms with van der Waals surface area (Å²) in [5.41, 5.74) is 9.51. The van der Waals surface area contributed by atoms with Crippen molar-refractivity contribution in [3.8, 4) is 22.6 Å². The zero-order chi connectivity index (χ0) is 37.0. The van der Waals surface area contributed by atoms with Gasteiger partial charge in [0.05, 0.1) is 16.0 Å².